The third kappa shape index (κ3) is 9.27. The van der Waals surface area contributed by atoms with Crippen LogP contribution in [0, 0.1) is 5.41 Å². The van der Waals surface area contributed by atoms with Crippen LogP contribution in [0.2, 0.25) is 0 Å². The van der Waals surface area contributed by atoms with Crippen LogP contribution in [0.4, 0.5) is 18.0 Å². The fraction of sp³-hybridized carbons (Fsp3) is 0.421. The molecule has 0 spiro atoms. The van der Waals surface area contributed by atoms with Gasteiger partial charge < -0.3 is 36.2 Å². The molecule has 6 N–H and O–H groups in total. The van der Waals surface area contributed by atoms with E-state index in [-0.39, 0.29) is 52.6 Å². The Morgan fingerprint density at radius 2 is 1.73 bits per heavy atom. The molecule has 0 unspecified atom stereocenters. The first kappa shape index (κ1) is 40.7. The summed E-state index contributed by atoms with van der Waals surface area (Å²) >= 11 is 1.25. The Labute approximate surface area is 320 Å². The molecule has 3 atom stereocenters. The van der Waals surface area contributed by atoms with Gasteiger partial charge in [0.05, 0.1) is 25.7 Å². The summed E-state index contributed by atoms with van der Waals surface area (Å²) in [5.74, 6) is -6.04. The highest BCUT2D eigenvalue weighted by Gasteiger charge is 2.51. The molecular formula is C38H44F3N7O6S. The van der Waals surface area contributed by atoms with Crippen LogP contribution in [0.25, 0.3) is 11.1 Å². The van der Waals surface area contributed by atoms with Crippen molar-refractivity contribution in [3.05, 3.63) is 81.0 Å². The van der Waals surface area contributed by atoms with Crippen molar-refractivity contribution in [2.75, 3.05) is 32.7 Å². The van der Waals surface area contributed by atoms with E-state index in [1.54, 1.807) is 45.2 Å². The Morgan fingerprint density at radius 3 is 2.38 bits per heavy atom. The number of nitrogens with one attached hydrogen (secondary N) is 4. The van der Waals surface area contributed by atoms with Crippen LogP contribution >= 0.6 is 11.3 Å². The Balaban J connectivity index is 1.36. The minimum atomic E-state index is -3.25. The lowest BCUT2D eigenvalue weighted by Crippen LogP contribution is -2.50. The van der Waals surface area contributed by atoms with Crippen molar-refractivity contribution in [2.45, 2.75) is 70.3 Å². The number of ether oxygens (including phenoxy) is 1. The minimum absolute atomic E-state index is 0.0106. The number of amides is 5. The van der Waals surface area contributed by atoms with Crippen molar-refractivity contribution in [2.24, 2.45) is 5.73 Å². The largest absolute Gasteiger partial charge is 0.444 e. The van der Waals surface area contributed by atoms with E-state index < -0.39 is 79.1 Å². The summed E-state index contributed by atoms with van der Waals surface area (Å²) in [5.41, 5.74) is 2.82. The molecule has 0 bridgehead atoms. The molecular weight excluding hydrogens is 740 g/mol. The Hall–Kier alpha value is -5.45. The molecule has 0 radical (unpaired) electrons. The average Bonchev–Trinajstić information content (AvgIpc) is 3.80. The molecule has 1 aliphatic carbocycles. The summed E-state index contributed by atoms with van der Waals surface area (Å²) in [7, 11) is 0. The van der Waals surface area contributed by atoms with Gasteiger partial charge in [-0.05, 0) is 57.0 Å². The molecule has 5 amide bonds. The van der Waals surface area contributed by atoms with Crippen molar-refractivity contribution in [1.29, 1.82) is 5.41 Å². The summed E-state index contributed by atoms with van der Waals surface area (Å²) in [6.07, 6.45) is -1.39. The molecule has 5 rings (SSSR count). The molecule has 55 heavy (non-hydrogen) atoms. The number of hydrogen-bond acceptors (Lipinski definition) is 8. The van der Waals surface area contributed by atoms with Gasteiger partial charge in [-0.1, -0.05) is 30.3 Å². The number of carbonyl (C=O) groups excluding carboxylic acids is 5. The second-order valence-electron chi connectivity index (χ2n) is 14.7. The first-order valence-electron chi connectivity index (χ1n) is 17.5. The van der Waals surface area contributed by atoms with Gasteiger partial charge in [0.2, 0.25) is 17.7 Å². The average molecular weight is 784 g/mol. The number of nitrogens with two attached hydrogens (primary N) is 1. The van der Waals surface area contributed by atoms with Gasteiger partial charge in [0.15, 0.2) is 0 Å². The van der Waals surface area contributed by atoms with E-state index in [9.17, 15) is 24.0 Å². The van der Waals surface area contributed by atoms with Gasteiger partial charge in [-0.2, -0.15) is 8.78 Å². The highest BCUT2D eigenvalue weighted by atomic mass is 32.1. The van der Waals surface area contributed by atoms with Crippen molar-refractivity contribution in [3.63, 3.8) is 0 Å². The zero-order valence-electron chi connectivity index (χ0n) is 31.1. The summed E-state index contributed by atoms with van der Waals surface area (Å²) in [4.78, 5) is 68.3. The molecule has 2 heterocycles. The lowest BCUT2D eigenvalue weighted by molar-refractivity contribution is -0.138. The summed E-state index contributed by atoms with van der Waals surface area (Å²) < 4.78 is 52.6. The third-order valence-corrected chi connectivity index (χ3v) is 10.3. The molecule has 1 aliphatic heterocycles. The number of carbonyl (C=O) groups is 5. The number of benzene rings is 2. The van der Waals surface area contributed by atoms with Gasteiger partial charge in [-0.15, -0.1) is 11.3 Å². The molecule has 3 aromatic rings. The number of rotatable bonds is 12. The van der Waals surface area contributed by atoms with Crippen molar-refractivity contribution < 1.29 is 41.9 Å². The standard InChI is InChI=1S/C38H44F3N7O6S/c1-21(30-15-24(18-55-30)32(42)43)46-34(52)29-16-37(39,19-47(13-12-44-22(2)49)35(53)54-36(3,4)5)20-48(29)31(50)17-45-33(51)23-10-11-28-26(14-23)25-8-6-7-9-27(25)38(28,40)41/h6-11,14-15,18,21,29H,12-13,16-17,19-20H2,1-5H3,(H3,42,43)(H,44,49)(H,45,51)(H,46,52)/t21-,29+,37+/m1/s1. The normalized spacial score (nSPS) is 18.8. The van der Waals surface area contributed by atoms with E-state index in [1.807, 2.05) is 0 Å². The van der Waals surface area contributed by atoms with Gasteiger partial charge in [-0.25, -0.2) is 9.18 Å². The monoisotopic (exact) mass is 783 g/mol. The van der Waals surface area contributed by atoms with Crippen LogP contribution in [0.3, 0.4) is 0 Å². The number of nitrogens with zero attached hydrogens (tertiary/aromatic N) is 2. The maximum Gasteiger partial charge on any atom is 0.410 e. The van der Waals surface area contributed by atoms with E-state index >= 15 is 13.2 Å². The molecule has 13 nitrogen and oxygen atoms in total. The molecule has 2 aliphatic rings. The van der Waals surface area contributed by atoms with Crippen LogP contribution in [0.15, 0.2) is 53.9 Å². The fourth-order valence-corrected chi connectivity index (χ4v) is 7.51. The fourth-order valence-electron chi connectivity index (χ4n) is 6.60. The third-order valence-electron chi connectivity index (χ3n) is 9.19. The minimum Gasteiger partial charge on any atom is -0.444 e. The molecule has 294 valence electrons. The number of thiophene rings is 1. The Morgan fingerprint density at radius 1 is 1.04 bits per heavy atom. The van der Waals surface area contributed by atoms with Crippen molar-refractivity contribution in [1.82, 2.24) is 25.8 Å². The number of nitrogen functional groups attached to an aromatic ring is 1. The van der Waals surface area contributed by atoms with E-state index in [4.69, 9.17) is 15.9 Å². The zero-order valence-corrected chi connectivity index (χ0v) is 31.9. The molecule has 2 aromatic carbocycles. The summed E-state index contributed by atoms with van der Waals surface area (Å²) in [5, 5.41) is 17.2. The number of alkyl halides is 3. The van der Waals surface area contributed by atoms with Gasteiger partial charge in [0, 0.05) is 58.9 Å². The first-order valence-corrected chi connectivity index (χ1v) is 18.4. The number of amidine groups is 1. The lowest BCUT2D eigenvalue weighted by atomic mass is 10.0. The Kier molecular flexibility index (Phi) is 11.6. The summed E-state index contributed by atoms with van der Waals surface area (Å²) in [6.45, 7) is 5.83. The maximum absolute atomic E-state index is 17.0. The first-order chi connectivity index (χ1) is 25.7. The second-order valence-corrected chi connectivity index (χ2v) is 15.7. The van der Waals surface area contributed by atoms with E-state index in [0.717, 1.165) is 9.80 Å². The van der Waals surface area contributed by atoms with E-state index in [2.05, 4.69) is 16.0 Å². The van der Waals surface area contributed by atoms with Crippen molar-refractivity contribution in [3.8, 4) is 11.1 Å². The predicted octanol–water partition coefficient (Wildman–Crippen LogP) is 4.44. The van der Waals surface area contributed by atoms with Gasteiger partial charge in [0.25, 0.3) is 11.8 Å². The van der Waals surface area contributed by atoms with Gasteiger partial charge in [-0.3, -0.25) is 24.6 Å². The molecule has 1 aromatic heterocycles. The van der Waals surface area contributed by atoms with Crippen molar-refractivity contribution >= 4 is 46.9 Å². The second kappa shape index (κ2) is 15.7. The maximum atomic E-state index is 17.0. The van der Waals surface area contributed by atoms with Gasteiger partial charge >= 0.3 is 6.09 Å². The quantitative estimate of drug-likeness (QED) is 0.133. The molecule has 1 saturated heterocycles. The number of hydrogen-bond donors (Lipinski definition) is 5. The van der Waals surface area contributed by atoms with Crippen LogP contribution in [0.5, 0.6) is 0 Å². The highest BCUT2D eigenvalue weighted by molar-refractivity contribution is 7.10. The van der Waals surface area contributed by atoms with E-state index in [0.29, 0.717) is 10.4 Å². The van der Waals surface area contributed by atoms with Crippen LogP contribution < -0.4 is 21.7 Å². The number of halogens is 3. The molecule has 17 heteroatoms. The van der Waals surface area contributed by atoms with Crippen LogP contribution in [-0.2, 0) is 25.0 Å². The lowest BCUT2D eigenvalue weighted by Gasteiger charge is -2.31. The predicted molar refractivity (Wildman–Crippen MR) is 200 cm³/mol. The van der Waals surface area contributed by atoms with Gasteiger partial charge in [0.1, 0.15) is 23.1 Å². The van der Waals surface area contributed by atoms with Crippen LogP contribution in [0.1, 0.15) is 79.0 Å². The smallest absolute Gasteiger partial charge is 0.410 e. The van der Waals surface area contributed by atoms with Crippen LogP contribution in [-0.4, -0.2) is 95.4 Å². The Bertz CT molecular complexity index is 2020. The number of fused-ring (bicyclic) bond motifs is 3. The SMILES string of the molecule is CC(=O)NCCN(C[C@@]1(F)C[C@@H](C(=O)N[C@H](C)c2cc(C(=N)N)cs2)N(C(=O)CNC(=O)c2ccc3c(c2)-c2ccccc2C3(F)F)C1)C(=O)OC(C)(C)C. The highest BCUT2D eigenvalue weighted by Crippen LogP contribution is 2.51. The topological polar surface area (TPSA) is 187 Å². The molecule has 0 saturated carbocycles. The zero-order chi connectivity index (χ0) is 40.5. The van der Waals surface area contributed by atoms with E-state index in [1.165, 1.54) is 54.7 Å². The summed E-state index contributed by atoms with van der Waals surface area (Å²) in [6, 6.07) is 9.33. The molecule has 1 fully saturated rings. The number of likely N-dealkylation sites (tertiary alicyclic amines) is 1.